The summed E-state index contributed by atoms with van der Waals surface area (Å²) < 4.78 is 5.63. The van der Waals surface area contributed by atoms with Crippen LogP contribution in [-0.4, -0.2) is 58.8 Å². The first-order valence-electron chi connectivity index (χ1n) is 7.05. The number of hydrogen-bond donors (Lipinski definition) is 2. The van der Waals surface area contributed by atoms with E-state index in [2.05, 4.69) is 11.9 Å². The highest BCUT2D eigenvalue weighted by molar-refractivity contribution is 7.99. The number of hydrogen-bond acceptors (Lipinski definition) is 5. The average Bonchev–Trinajstić information content (AvgIpc) is 2.99. The number of rotatable bonds is 7. The summed E-state index contributed by atoms with van der Waals surface area (Å²) in [6.45, 7) is 0.894. The molecule has 1 saturated heterocycles. The van der Waals surface area contributed by atoms with Gasteiger partial charge in [-0.2, -0.15) is 11.8 Å². The number of likely N-dealkylation sites (N-methyl/N-ethyl adjacent to an activating group) is 1. The van der Waals surface area contributed by atoms with Crippen molar-refractivity contribution in [1.29, 1.82) is 0 Å². The molecule has 4 nitrogen and oxygen atoms in total. The quantitative estimate of drug-likeness (QED) is 0.741. The maximum atomic E-state index is 10.1. The van der Waals surface area contributed by atoms with Gasteiger partial charge in [-0.3, -0.25) is 4.90 Å². The summed E-state index contributed by atoms with van der Waals surface area (Å²) >= 11 is 6.91. The van der Waals surface area contributed by atoms with E-state index in [9.17, 15) is 5.11 Å². The van der Waals surface area contributed by atoms with Crippen LogP contribution in [0.15, 0.2) is 24.3 Å². The topological polar surface area (TPSA) is 58.7 Å². The molecule has 1 aromatic carbocycles. The maximum Gasteiger partial charge on any atom is 0.120 e. The van der Waals surface area contributed by atoms with Gasteiger partial charge in [0.2, 0.25) is 0 Å². The summed E-state index contributed by atoms with van der Waals surface area (Å²) in [7, 11) is 2.06. The first kappa shape index (κ1) is 16.5. The van der Waals surface area contributed by atoms with Gasteiger partial charge in [-0.1, -0.05) is 24.4 Å². The molecule has 1 aromatic rings. The predicted molar refractivity (Wildman–Crippen MR) is 92.2 cm³/mol. The van der Waals surface area contributed by atoms with Gasteiger partial charge in [0.15, 0.2) is 0 Å². The molecule has 0 saturated carbocycles. The van der Waals surface area contributed by atoms with Crippen molar-refractivity contribution < 1.29 is 9.84 Å². The fourth-order valence-corrected chi connectivity index (χ4v) is 3.76. The van der Waals surface area contributed by atoms with Gasteiger partial charge in [-0.05, 0) is 31.4 Å². The van der Waals surface area contributed by atoms with Gasteiger partial charge in [0.25, 0.3) is 0 Å². The Morgan fingerprint density at radius 2 is 2.43 bits per heavy atom. The second-order valence-corrected chi connectivity index (χ2v) is 6.90. The number of ether oxygens (including phenoxy) is 1. The monoisotopic (exact) mass is 326 g/mol. The molecule has 0 bridgehead atoms. The zero-order valence-corrected chi connectivity index (χ0v) is 13.8. The molecule has 1 aliphatic rings. The largest absolute Gasteiger partial charge is 0.491 e. The number of thioether (sulfide) groups is 1. The molecule has 6 heteroatoms. The Morgan fingerprint density at radius 1 is 1.62 bits per heavy atom. The number of nitrogens with zero attached hydrogens (tertiary/aromatic N) is 1. The van der Waals surface area contributed by atoms with Crippen molar-refractivity contribution in [3.63, 3.8) is 0 Å². The van der Waals surface area contributed by atoms with E-state index >= 15 is 0 Å². The van der Waals surface area contributed by atoms with E-state index in [1.54, 1.807) is 6.07 Å². The fraction of sp³-hybridized carbons (Fsp3) is 0.533. The zero-order valence-electron chi connectivity index (χ0n) is 12.2. The van der Waals surface area contributed by atoms with Crippen LogP contribution in [-0.2, 0) is 0 Å². The van der Waals surface area contributed by atoms with Crippen molar-refractivity contribution in [2.75, 3.05) is 31.7 Å². The molecule has 116 valence electrons. The lowest BCUT2D eigenvalue weighted by Crippen LogP contribution is -2.39. The van der Waals surface area contributed by atoms with Gasteiger partial charge >= 0.3 is 0 Å². The van der Waals surface area contributed by atoms with Gasteiger partial charge in [0.05, 0.1) is 0 Å². The number of benzene rings is 1. The fourth-order valence-electron chi connectivity index (χ4n) is 2.34. The Kier molecular flexibility index (Phi) is 6.29. The second kappa shape index (κ2) is 7.98. The molecule has 0 spiro atoms. The first-order valence-corrected chi connectivity index (χ1v) is 8.61. The summed E-state index contributed by atoms with van der Waals surface area (Å²) in [6.07, 6.45) is 0.694. The normalized spacial score (nSPS) is 19.7. The van der Waals surface area contributed by atoms with Crippen LogP contribution >= 0.6 is 24.0 Å². The highest BCUT2D eigenvalue weighted by Crippen LogP contribution is 2.21. The Morgan fingerprint density at radius 3 is 3.10 bits per heavy atom. The van der Waals surface area contributed by atoms with Gasteiger partial charge in [0.1, 0.15) is 23.4 Å². The van der Waals surface area contributed by atoms with Crippen molar-refractivity contribution in [3.05, 3.63) is 29.8 Å². The van der Waals surface area contributed by atoms with E-state index in [4.69, 9.17) is 22.7 Å². The molecular formula is C15H22N2O2S2. The SMILES string of the molecule is CN(CC(O)COc1cccc(C(N)=S)c1)C1CCSC1. The van der Waals surface area contributed by atoms with E-state index in [1.807, 2.05) is 30.0 Å². The third-order valence-corrected chi connectivity index (χ3v) is 4.97. The molecule has 2 atom stereocenters. The highest BCUT2D eigenvalue weighted by atomic mass is 32.2. The van der Waals surface area contributed by atoms with Gasteiger partial charge in [-0.15, -0.1) is 0 Å². The van der Waals surface area contributed by atoms with Crippen molar-refractivity contribution in [3.8, 4) is 5.75 Å². The molecule has 3 N–H and O–H groups in total. The van der Waals surface area contributed by atoms with E-state index in [-0.39, 0.29) is 6.61 Å². The minimum absolute atomic E-state index is 0.269. The number of aliphatic hydroxyl groups is 1. The first-order chi connectivity index (χ1) is 10.1. The smallest absolute Gasteiger partial charge is 0.120 e. The molecule has 21 heavy (non-hydrogen) atoms. The van der Waals surface area contributed by atoms with Crippen LogP contribution in [0.4, 0.5) is 0 Å². The van der Waals surface area contributed by atoms with Crippen LogP contribution in [0.5, 0.6) is 5.75 Å². The van der Waals surface area contributed by atoms with Crippen molar-refractivity contribution in [1.82, 2.24) is 4.90 Å². The Labute approximate surface area is 135 Å². The molecule has 1 heterocycles. The molecular weight excluding hydrogens is 304 g/mol. The molecule has 0 radical (unpaired) electrons. The summed E-state index contributed by atoms with van der Waals surface area (Å²) in [5.74, 6) is 3.05. The molecule has 2 rings (SSSR count). The molecule has 1 aliphatic heterocycles. The Bertz CT molecular complexity index is 478. The second-order valence-electron chi connectivity index (χ2n) is 5.31. The van der Waals surface area contributed by atoms with E-state index in [0.717, 1.165) is 11.3 Å². The van der Waals surface area contributed by atoms with Crippen LogP contribution in [0, 0.1) is 0 Å². The van der Waals surface area contributed by atoms with Crippen molar-refractivity contribution in [2.24, 2.45) is 5.73 Å². The number of thiocarbonyl (C=S) groups is 1. The minimum Gasteiger partial charge on any atom is -0.491 e. The molecule has 0 aliphatic carbocycles. The summed E-state index contributed by atoms with van der Waals surface area (Å²) in [5, 5.41) is 10.1. The predicted octanol–water partition coefficient (Wildman–Crippen LogP) is 1.50. The third-order valence-electron chi connectivity index (χ3n) is 3.59. The van der Waals surface area contributed by atoms with E-state index < -0.39 is 6.10 Å². The van der Waals surface area contributed by atoms with Crippen LogP contribution in [0.25, 0.3) is 0 Å². The summed E-state index contributed by atoms with van der Waals surface area (Å²) in [6, 6.07) is 7.90. The molecule has 2 unspecified atom stereocenters. The van der Waals surface area contributed by atoms with Crippen molar-refractivity contribution >= 4 is 29.0 Å². The van der Waals surface area contributed by atoms with Crippen LogP contribution < -0.4 is 10.5 Å². The van der Waals surface area contributed by atoms with Gasteiger partial charge < -0.3 is 15.6 Å². The van der Waals surface area contributed by atoms with E-state index in [1.165, 1.54) is 12.2 Å². The molecule has 0 aromatic heterocycles. The highest BCUT2D eigenvalue weighted by Gasteiger charge is 2.21. The zero-order chi connectivity index (χ0) is 15.2. The lowest BCUT2D eigenvalue weighted by Gasteiger charge is -2.26. The van der Waals surface area contributed by atoms with Crippen molar-refractivity contribution in [2.45, 2.75) is 18.6 Å². The van der Waals surface area contributed by atoms with Crippen LogP contribution in [0.2, 0.25) is 0 Å². The van der Waals surface area contributed by atoms with Gasteiger partial charge in [-0.25, -0.2) is 0 Å². The number of nitrogens with two attached hydrogens (primary N) is 1. The lowest BCUT2D eigenvalue weighted by molar-refractivity contribution is 0.0664. The Hall–Kier alpha value is -0.820. The summed E-state index contributed by atoms with van der Waals surface area (Å²) in [5.41, 5.74) is 6.37. The summed E-state index contributed by atoms with van der Waals surface area (Å²) in [4.78, 5) is 2.57. The third kappa shape index (κ3) is 5.14. The number of aliphatic hydroxyl groups excluding tert-OH is 1. The Balaban J connectivity index is 1.79. The lowest BCUT2D eigenvalue weighted by atomic mass is 10.2. The maximum absolute atomic E-state index is 10.1. The molecule has 1 fully saturated rings. The molecule has 0 amide bonds. The standard InChI is InChI=1S/C15H22N2O2S2/c1-17(12-5-6-21-10-12)8-13(18)9-19-14-4-2-3-11(7-14)15(16)20/h2-4,7,12-13,18H,5-6,8-10H2,1H3,(H2,16,20). The van der Waals surface area contributed by atoms with Gasteiger partial charge in [0, 0.05) is 23.9 Å². The van der Waals surface area contributed by atoms with Crippen LogP contribution in [0.1, 0.15) is 12.0 Å². The van der Waals surface area contributed by atoms with E-state index in [0.29, 0.717) is 23.3 Å². The minimum atomic E-state index is -0.505. The van der Waals surface area contributed by atoms with Crippen LogP contribution in [0.3, 0.4) is 0 Å². The average molecular weight is 326 g/mol.